The van der Waals surface area contributed by atoms with Gasteiger partial charge in [-0.05, 0) is 35.9 Å². The summed E-state index contributed by atoms with van der Waals surface area (Å²) in [6, 6.07) is 6.56. The van der Waals surface area contributed by atoms with E-state index in [1.54, 1.807) is 30.3 Å². The molecule has 2 N–H and O–H groups in total. The molecule has 0 bridgehead atoms. The Balaban J connectivity index is 1.82. The molecule has 0 saturated carbocycles. The van der Waals surface area contributed by atoms with Gasteiger partial charge in [0.25, 0.3) is 5.91 Å². The van der Waals surface area contributed by atoms with Gasteiger partial charge in [-0.3, -0.25) is 9.59 Å². The van der Waals surface area contributed by atoms with Gasteiger partial charge in [-0.25, -0.2) is 0 Å². The number of amides is 2. The molecule has 1 aromatic carbocycles. The van der Waals surface area contributed by atoms with Gasteiger partial charge in [0.1, 0.15) is 0 Å². The molecule has 0 unspecified atom stereocenters. The van der Waals surface area contributed by atoms with Crippen molar-refractivity contribution in [2.45, 2.75) is 0 Å². The van der Waals surface area contributed by atoms with Gasteiger partial charge in [-0.15, -0.1) is 0 Å². The predicted molar refractivity (Wildman–Crippen MR) is 97.6 cm³/mol. The van der Waals surface area contributed by atoms with Gasteiger partial charge in [0.2, 0.25) is 5.91 Å². The number of ether oxygens (including phenoxy) is 2. The van der Waals surface area contributed by atoms with E-state index >= 15 is 0 Å². The van der Waals surface area contributed by atoms with Crippen LogP contribution in [0.1, 0.15) is 16.1 Å². The molecule has 26 heavy (non-hydrogen) atoms. The molecule has 7 nitrogen and oxygen atoms in total. The number of nitrogens with one attached hydrogen (secondary N) is 2. The molecule has 0 fully saturated rings. The molecule has 8 heteroatoms. The molecule has 0 radical (unpaired) electrons. The third-order valence-corrected chi connectivity index (χ3v) is 3.62. The number of hydrogen-bond donors (Lipinski definition) is 2. The summed E-state index contributed by atoms with van der Waals surface area (Å²) in [5.41, 5.74) is 0.689. The second kappa shape index (κ2) is 9.53. The van der Waals surface area contributed by atoms with Crippen LogP contribution in [0.4, 0.5) is 0 Å². The van der Waals surface area contributed by atoms with Crippen LogP contribution in [0.5, 0.6) is 11.5 Å². The molecule has 2 rings (SSSR count). The van der Waals surface area contributed by atoms with Crippen LogP contribution in [0.3, 0.4) is 0 Å². The van der Waals surface area contributed by atoms with Gasteiger partial charge < -0.3 is 24.5 Å². The predicted octanol–water partition coefficient (Wildman–Crippen LogP) is 2.51. The number of methoxy groups -OCH3 is 2. The van der Waals surface area contributed by atoms with Gasteiger partial charge in [-0.1, -0.05) is 11.6 Å². The zero-order valence-electron chi connectivity index (χ0n) is 14.4. The largest absolute Gasteiger partial charge is 0.493 e. The number of carbonyl (C=O) groups excluding carboxylic acids is 2. The lowest BCUT2D eigenvalue weighted by Crippen LogP contribution is -2.33. The number of benzene rings is 1. The average molecular weight is 379 g/mol. The summed E-state index contributed by atoms with van der Waals surface area (Å²) in [7, 11) is 3.00. The molecule has 0 spiro atoms. The summed E-state index contributed by atoms with van der Waals surface area (Å²) < 4.78 is 15.3. The number of rotatable bonds is 8. The average Bonchev–Trinajstić information content (AvgIpc) is 3.17. The standard InChI is InChI=1S/C18H19ClN2O5/c1-24-15-11-12(10-13(19)17(15)25-2)5-6-16(22)20-7-8-21-18(23)14-4-3-9-26-14/h3-6,9-11H,7-8H2,1-2H3,(H,20,22)(H,21,23)/b6-5+. The summed E-state index contributed by atoms with van der Waals surface area (Å²) in [6.45, 7) is 0.559. The van der Waals surface area contributed by atoms with E-state index in [9.17, 15) is 9.59 Å². The molecule has 0 aliphatic carbocycles. The van der Waals surface area contributed by atoms with E-state index in [2.05, 4.69) is 10.6 Å². The van der Waals surface area contributed by atoms with Crippen molar-refractivity contribution in [2.24, 2.45) is 0 Å². The molecular weight excluding hydrogens is 360 g/mol. The van der Waals surface area contributed by atoms with Crippen LogP contribution in [0.15, 0.2) is 41.0 Å². The monoisotopic (exact) mass is 378 g/mol. The zero-order valence-corrected chi connectivity index (χ0v) is 15.1. The van der Waals surface area contributed by atoms with Crippen molar-refractivity contribution >= 4 is 29.5 Å². The first-order chi connectivity index (χ1) is 12.5. The Kier molecular flexibility index (Phi) is 7.11. The van der Waals surface area contributed by atoms with Crippen molar-refractivity contribution in [2.75, 3.05) is 27.3 Å². The fourth-order valence-electron chi connectivity index (χ4n) is 2.12. The fraction of sp³-hybridized carbons (Fsp3) is 0.222. The van der Waals surface area contributed by atoms with Gasteiger partial charge in [0.05, 0.1) is 25.5 Å². The Morgan fingerprint density at radius 2 is 1.96 bits per heavy atom. The lowest BCUT2D eigenvalue weighted by atomic mass is 10.2. The Morgan fingerprint density at radius 1 is 1.19 bits per heavy atom. The summed E-state index contributed by atoms with van der Waals surface area (Å²) in [5.74, 6) is 0.494. The Labute approximate surface area is 155 Å². The Morgan fingerprint density at radius 3 is 2.62 bits per heavy atom. The van der Waals surface area contributed by atoms with Crippen LogP contribution in [-0.4, -0.2) is 39.1 Å². The lowest BCUT2D eigenvalue weighted by Gasteiger charge is -2.10. The van der Waals surface area contributed by atoms with Crippen molar-refractivity contribution in [1.82, 2.24) is 10.6 Å². The van der Waals surface area contributed by atoms with E-state index in [1.165, 1.54) is 26.6 Å². The first-order valence-electron chi connectivity index (χ1n) is 7.74. The lowest BCUT2D eigenvalue weighted by molar-refractivity contribution is -0.116. The van der Waals surface area contributed by atoms with Crippen LogP contribution in [0.2, 0.25) is 5.02 Å². The maximum Gasteiger partial charge on any atom is 0.287 e. The van der Waals surface area contributed by atoms with Gasteiger partial charge in [0, 0.05) is 19.2 Å². The third kappa shape index (κ3) is 5.29. The van der Waals surface area contributed by atoms with E-state index in [4.69, 9.17) is 25.5 Å². The van der Waals surface area contributed by atoms with Crippen molar-refractivity contribution in [3.8, 4) is 11.5 Å². The Bertz CT molecular complexity index is 787. The van der Waals surface area contributed by atoms with E-state index in [0.29, 0.717) is 22.1 Å². The van der Waals surface area contributed by atoms with Crippen LogP contribution in [0, 0.1) is 0 Å². The van der Waals surface area contributed by atoms with E-state index in [1.807, 2.05) is 0 Å². The second-order valence-corrected chi connectivity index (χ2v) is 5.50. The third-order valence-electron chi connectivity index (χ3n) is 3.34. The van der Waals surface area contributed by atoms with Gasteiger partial charge in [-0.2, -0.15) is 0 Å². The fourth-order valence-corrected chi connectivity index (χ4v) is 2.42. The smallest absolute Gasteiger partial charge is 0.287 e. The second-order valence-electron chi connectivity index (χ2n) is 5.10. The number of furan rings is 1. The SMILES string of the molecule is COc1cc(/C=C/C(=O)NCCNC(=O)c2ccco2)cc(Cl)c1OC. The van der Waals surface area contributed by atoms with Crippen molar-refractivity contribution in [1.29, 1.82) is 0 Å². The highest BCUT2D eigenvalue weighted by molar-refractivity contribution is 6.32. The molecule has 0 atom stereocenters. The van der Waals surface area contributed by atoms with Gasteiger partial charge >= 0.3 is 0 Å². The maximum absolute atomic E-state index is 11.8. The van der Waals surface area contributed by atoms with Crippen LogP contribution >= 0.6 is 11.6 Å². The van der Waals surface area contributed by atoms with Crippen LogP contribution in [-0.2, 0) is 4.79 Å². The minimum atomic E-state index is -0.334. The maximum atomic E-state index is 11.8. The number of hydrogen-bond acceptors (Lipinski definition) is 5. The zero-order chi connectivity index (χ0) is 18.9. The van der Waals surface area contributed by atoms with Crippen molar-refractivity contribution in [3.05, 3.63) is 53.0 Å². The van der Waals surface area contributed by atoms with E-state index in [0.717, 1.165) is 0 Å². The van der Waals surface area contributed by atoms with Gasteiger partial charge in [0.15, 0.2) is 17.3 Å². The summed E-state index contributed by atoms with van der Waals surface area (Å²) in [4.78, 5) is 23.5. The molecule has 138 valence electrons. The summed E-state index contributed by atoms with van der Waals surface area (Å²) in [6.07, 6.45) is 4.39. The number of carbonyl (C=O) groups is 2. The Hall–Kier alpha value is -2.93. The van der Waals surface area contributed by atoms with Crippen LogP contribution < -0.4 is 20.1 Å². The molecule has 2 amide bonds. The molecular formula is C18H19ClN2O5. The highest BCUT2D eigenvalue weighted by atomic mass is 35.5. The highest BCUT2D eigenvalue weighted by Gasteiger charge is 2.10. The molecule has 0 aliphatic rings. The summed E-state index contributed by atoms with van der Waals surface area (Å²) in [5, 5.41) is 5.67. The van der Waals surface area contributed by atoms with Crippen LogP contribution in [0.25, 0.3) is 6.08 Å². The molecule has 1 aromatic heterocycles. The first kappa shape index (κ1) is 19.4. The quantitative estimate of drug-likeness (QED) is 0.544. The highest BCUT2D eigenvalue weighted by Crippen LogP contribution is 2.36. The van der Waals surface area contributed by atoms with Crippen molar-refractivity contribution in [3.63, 3.8) is 0 Å². The van der Waals surface area contributed by atoms with Crippen molar-refractivity contribution < 1.29 is 23.5 Å². The molecule has 2 aromatic rings. The number of halogens is 1. The minimum Gasteiger partial charge on any atom is -0.493 e. The van der Waals surface area contributed by atoms with E-state index in [-0.39, 0.29) is 30.7 Å². The molecule has 1 heterocycles. The molecule has 0 aliphatic heterocycles. The van der Waals surface area contributed by atoms with E-state index < -0.39 is 0 Å². The minimum absolute atomic E-state index is 0.224. The first-order valence-corrected chi connectivity index (χ1v) is 8.12. The topological polar surface area (TPSA) is 89.8 Å². The molecule has 0 saturated heterocycles. The summed E-state index contributed by atoms with van der Waals surface area (Å²) >= 11 is 6.12. The normalized spacial score (nSPS) is 10.6.